The van der Waals surface area contributed by atoms with E-state index in [9.17, 15) is 0 Å². The normalized spacial score (nSPS) is 26.9. The smallest absolute Gasteiger partial charge is 0.255 e. The van der Waals surface area contributed by atoms with Gasteiger partial charge < -0.3 is 5.32 Å². The first-order chi connectivity index (χ1) is 9.56. The molecule has 0 aromatic carbocycles. The summed E-state index contributed by atoms with van der Waals surface area (Å²) in [4.78, 5) is 8.36. The second kappa shape index (κ2) is 5.20. The van der Waals surface area contributed by atoms with E-state index >= 15 is 0 Å². The summed E-state index contributed by atoms with van der Waals surface area (Å²) in [7, 11) is 0. The highest BCUT2D eigenvalue weighted by Gasteiger charge is 2.26. The molecular weight excluding hydrogens is 274 g/mol. The third-order valence-corrected chi connectivity index (χ3v) is 4.73. The summed E-state index contributed by atoms with van der Waals surface area (Å²) in [6.45, 7) is 6.61. The van der Waals surface area contributed by atoms with Crippen molar-refractivity contribution in [2.75, 3.05) is 5.32 Å². The van der Waals surface area contributed by atoms with Gasteiger partial charge in [0.1, 0.15) is 17.3 Å². The zero-order chi connectivity index (χ0) is 14.3. The van der Waals surface area contributed by atoms with E-state index in [4.69, 9.17) is 11.6 Å². The van der Waals surface area contributed by atoms with Crippen molar-refractivity contribution in [3.8, 4) is 0 Å². The van der Waals surface area contributed by atoms with Crippen LogP contribution in [-0.4, -0.2) is 25.6 Å². The minimum absolute atomic E-state index is 0.454. The fraction of sp³-hybridized carbons (Fsp3) is 0.643. The maximum absolute atomic E-state index is 6.19. The molecule has 6 heteroatoms. The monoisotopic (exact) mass is 293 g/mol. The van der Waals surface area contributed by atoms with Crippen LogP contribution in [0.1, 0.15) is 38.7 Å². The molecule has 0 saturated heterocycles. The van der Waals surface area contributed by atoms with Gasteiger partial charge in [-0.25, -0.2) is 0 Å². The SMILES string of the molecule is Cc1c(Cl)nc2ncnn2c1NC1CCC(C)CC1C. The fourth-order valence-electron chi connectivity index (χ4n) is 3.12. The van der Waals surface area contributed by atoms with Crippen molar-refractivity contribution in [3.05, 3.63) is 17.0 Å². The number of nitrogens with zero attached hydrogens (tertiary/aromatic N) is 4. The average Bonchev–Trinajstić information content (AvgIpc) is 2.85. The summed E-state index contributed by atoms with van der Waals surface area (Å²) in [6.07, 6.45) is 5.21. The molecule has 1 aliphatic rings. The van der Waals surface area contributed by atoms with Crippen LogP contribution in [0.5, 0.6) is 0 Å². The fourth-order valence-corrected chi connectivity index (χ4v) is 3.29. The molecule has 0 bridgehead atoms. The van der Waals surface area contributed by atoms with Crippen LogP contribution in [0.3, 0.4) is 0 Å². The molecule has 1 fully saturated rings. The Bertz CT molecular complexity index is 623. The van der Waals surface area contributed by atoms with Crippen LogP contribution >= 0.6 is 11.6 Å². The van der Waals surface area contributed by atoms with Crippen molar-refractivity contribution in [1.82, 2.24) is 19.6 Å². The number of hydrogen-bond acceptors (Lipinski definition) is 4. The number of halogens is 1. The average molecular weight is 294 g/mol. The zero-order valence-corrected chi connectivity index (χ0v) is 12.9. The molecule has 0 amide bonds. The van der Waals surface area contributed by atoms with Crippen LogP contribution < -0.4 is 5.32 Å². The van der Waals surface area contributed by atoms with Crippen LogP contribution in [0.2, 0.25) is 5.15 Å². The standard InChI is InChI=1S/C14H20ClN5/c1-8-4-5-11(9(2)6-8)18-13-10(3)12(15)19-14-16-7-17-20(13)14/h7-9,11,18H,4-6H2,1-3H3. The first-order valence-corrected chi connectivity index (χ1v) is 7.56. The summed E-state index contributed by atoms with van der Waals surface area (Å²) < 4.78 is 1.74. The van der Waals surface area contributed by atoms with Crippen LogP contribution in [0.15, 0.2) is 6.33 Å². The van der Waals surface area contributed by atoms with Gasteiger partial charge in [-0.1, -0.05) is 25.4 Å². The third kappa shape index (κ3) is 2.35. The quantitative estimate of drug-likeness (QED) is 0.863. The molecule has 5 nitrogen and oxygen atoms in total. The largest absolute Gasteiger partial charge is 0.367 e. The van der Waals surface area contributed by atoms with E-state index in [1.165, 1.54) is 25.6 Å². The number of anilines is 1. The van der Waals surface area contributed by atoms with Gasteiger partial charge in [0, 0.05) is 11.6 Å². The van der Waals surface area contributed by atoms with Crippen LogP contribution in [0, 0.1) is 18.8 Å². The van der Waals surface area contributed by atoms with Gasteiger partial charge in [0.2, 0.25) is 0 Å². The molecule has 1 saturated carbocycles. The molecule has 3 rings (SSSR count). The van der Waals surface area contributed by atoms with Gasteiger partial charge in [0.05, 0.1) is 0 Å². The minimum atomic E-state index is 0.454. The molecule has 20 heavy (non-hydrogen) atoms. The lowest BCUT2D eigenvalue weighted by molar-refractivity contribution is 0.276. The number of nitrogens with one attached hydrogen (secondary N) is 1. The lowest BCUT2D eigenvalue weighted by Gasteiger charge is -2.34. The van der Waals surface area contributed by atoms with Gasteiger partial charge in [-0.3, -0.25) is 0 Å². The molecule has 2 aromatic heterocycles. The molecule has 0 aliphatic heterocycles. The maximum atomic E-state index is 6.19. The topological polar surface area (TPSA) is 55.1 Å². The molecule has 0 spiro atoms. The summed E-state index contributed by atoms with van der Waals surface area (Å²) >= 11 is 6.19. The van der Waals surface area contributed by atoms with E-state index in [1.54, 1.807) is 4.52 Å². The molecule has 108 valence electrons. The summed E-state index contributed by atoms with van der Waals surface area (Å²) in [5.74, 6) is 2.92. The lowest BCUT2D eigenvalue weighted by Crippen LogP contribution is -2.34. The second-order valence-electron chi connectivity index (χ2n) is 5.99. The second-order valence-corrected chi connectivity index (χ2v) is 6.35. The Hall–Kier alpha value is -1.36. The van der Waals surface area contributed by atoms with E-state index in [2.05, 4.69) is 34.2 Å². The van der Waals surface area contributed by atoms with Crippen molar-refractivity contribution >= 4 is 23.2 Å². The van der Waals surface area contributed by atoms with Crippen LogP contribution in [-0.2, 0) is 0 Å². The number of rotatable bonds is 2. The molecular formula is C14H20ClN5. The Morgan fingerprint density at radius 3 is 2.90 bits per heavy atom. The Morgan fingerprint density at radius 2 is 2.15 bits per heavy atom. The molecule has 2 heterocycles. The highest BCUT2D eigenvalue weighted by Crippen LogP contribution is 2.32. The van der Waals surface area contributed by atoms with E-state index in [0.29, 0.717) is 22.9 Å². The van der Waals surface area contributed by atoms with Gasteiger partial charge in [0.25, 0.3) is 5.78 Å². The molecule has 3 unspecified atom stereocenters. The van der Waals surface area contributed by atoms with Crippen LogP contribution in [0.4, 0.5) is 5.82 Å². The van der Waals surface area contributed by atoms with E-state index in [0.717, 1.165) is 17.3 Å². The van der Waals surface area contributed by atoms with Gasteiger partial charge in [-0.2, -0.15) is 19.6 Å². The number of hydrogen-bond donors (Lipinski definition) is 1. The maximum Gasteiger partial charge on any atom is 0.255 e. The predicted molar refractivity (Wildman–Crippen MR) is 80.1 cm³/mol. The minimum Gasteiger partial charge on any atom is -0.367 e. The Labute approximate surface area is 123 Å². The highest BCUT2D eigenvalue weighted by atomic mass is 35.5. The molecule has 2 aromatic rings. The van der Waals surface area contributed by atoms with Crippen molar-refractivity contribution in [2.24, 2.45) is 11.8 Å². The molecule has 1 N–H and O–H groups in total. The Balaban J connectivity index is 1.94. The van der Waals surface area contributed by atoms with E-state index < -0.39 is 0 Å². The van der Waals surface area contributed by atoms with Gasteiger partial charge in [-0.05, 0) is 38.0 Å². The van der Waals surface area contributed by atoms with Crippen LogP contribution in [0.25, 0.3) is 5.78 Å². The Kier molecular flexibility index (Phi) is 3.54. The summed E-state index contributed by atoms with van der Waals surface area (Å²) in [6, 6.07) is 0.454. The first-order valence-electron chi connectivity index (χ1n) is 7.18. The predicted octanol–water partition coefficient (Wildman–Crippen LogP) is 3.32. The zero-order valence-electron chi connectivity index (χ0n) is 12.1. The van der Waals surface area contributed by atoms with Crippen molar-refractivity contribution in [1.29, 1.82) is 0 Å². The van der Waals surface area contributed by atoms with E-state index in [1.807, 2.05) is 6.92 Å². The van der Waals surface area contributed by atoms with Gasteiger partial charge in [0.15, 0.2) is 0 Å². The molecule has 3 atom stereocenters. The molecule has 0 radical (unpaired) electrons. The van der Waals surface area contributed by atoms with Crippen molar-refractivity contribution < 1.29 is 0 Å². The van der Waals surface area contributed by atoms with Crippen molar-refractivity contribution in [2.45, 2.75) is 46.1 Å². The lowest BCUT2D eigenvalue weighted by atomic mass is 9.80. The summed E-state index contributed by atoms with van der Waals surface area (Å²) in [5.41, 5.74) is 0.926. The Morgan fingerprint density at radius 1 is 1.35 bits per heavy atom. The number of fused-ring (bicyclic) bond motifs is 1. The summed E-state index contributed by atoms with van der Waals surface area (Å²) in [5, 5.41) is 8.36. The highest BCUT2D eigenvalue weighted by molar-refractivity contribution is 6.30. The van der Waals surface area contributed by atoms with Crippen molar-refractivity contribution in [3.63, 3.8) is 0 Å². The third-order valence-electron chi connectivity index (χ3n) is 4.36. The molecule has 1 aliphatic carbocycles. The first kappa shape index (κ1) is 13.6. The van der Waals surface area contributed by atoms with Gasteiger partial charge >= 0.3 is 0 Å². The van der Waals surface area contributed by atoms with E-state index in [-0.39, 0.29) is 0 Å². The number of aromatic nitrogens is 4. The van der Waals surface area contributed by atoms with Gasteiger partial charge in [-0.15, -0.1) is 0 Å².